The zero-order valence-corrected chi connectivity index (χ0v) is 12.7. The van der Waals surface area contributed by atoms with Crippen molar-refractivity contribution < 1.29 is 4.74 Å². The smallest absolute Gasteiger partial charge is 0.123 e. The first-order chi connectivity index (χ1) is 8.98. The number of benzene rings is 1. The molecule has 1 aromatic rings. The first-order valence-electron chi connectivity index (χ1n) is 7.09. The topological polar surface area (TPSA) is 21.3 Å². The molecule has 0 radical (unpaired) electrons. The molecule has 1 rings (SSSR count). The maximum Gasteiger partial charge on any atom is 0.123 e. The van der Waals surface area contributed by atoms with Crippen molar-refractivity contribution >= 4 is 0 Å². The third kappa shape index (κ3) is 5.48. The molecule has 19 heavy (non-hydrogen) atoms. The van der Waals surface area contributed by atoms with Crippen molar-refractivity contribution in [2.24, 2.45) is 0 Å². The molecule has 0 aliphatic rings. The fourth-order valence-corrected chi connectivity index (χ4v) is 1.75. The largest absolute Gasteiger partial charge is 0.489 e. The van der Waals surface area contributed by atoms with E-state index < -0.39 is 0 Å². The maximum absolute atomic E-state index is 6.03. The predicted molar refractivity (Wildman–Crippen MR) is 82.8 cm³/mol. The molecule has 0 bridgehead atoms. The van der Waals surface area contributed by atoms with E-state index in [1.165, 1.54) is 5.56 Å². The van der Waals surface area contributed by atoms with Gasteiger partial charge in [-0.3, -0.25) is 0 Å². The molecule has 1 N–H and O–H groups in total. The van der Waals surface area contributed by atoms with Crippen LogP contribution in [0.3, 0.4) is 0 Å². The highest BCUT2D eigenvalue weighted by Gasteiger charge is 2.16. The molecule has 0 fully saturated rings. The quantitative estimate of drug-likeness (QED) is 0.715. The minimum atomic E-state index is 0.150. The monoisotopic (exact) mass is 261 g/mol. The predicted octanol–water partition coefficient (Wildman–Crippen LogP) is 3.96. The highest BCUT2D eigenvalue weighted by Crippen LogP contribution is 2.20. The average molecular weight is 261 g/mol. The van der Waals surface area contributed by atoms with Crippen molar-refractivity contribution in [1.82, 2.24) is 5.32 Å². The maximum atomic E-state index is 6.03. The van der Waals surface area contributed by atoms with Crippen LogP contribution in [0.2, 0.25) is 0 Å². The van der Waals surface area contributed by atoms with Crippen LogP contribution in [0.1, 0.15) is 39.7 Å². The summed E-state index contributed by atoms with van der Waals surface area (Å²) in [6, 6.07) is 8.17. The van der Waals surface area contributed by atoms with Gasteiger partial charge in [0.15, 0.2) is 0 Å². The Morgan fingerprint density at radius 1 is 1.37 bits per heavy atom. The van der Waals surface area contributed by atoms with Gasteiger partial charge in [-0.05, 0) is 45.2 Å². The van der Waals surface area contributed by atoms with Crippen molar-refractivity contribution in [2.75, 3.05) is 6.54 Å². The van der Waals surface area contributed by atoms with Crippen LogP contribution in [-0.2, 0) is 6.42 Å². The van der Waals surface area contributed by atoms with E-state index in [0.717, 1.165) is 25.1 Å². The lowest BCUT2D eigenvalue weighted by molar-refractivity contribution is 0.197. The van der Waals surface area contributed by atoms with Gasteiger partial charge >= 0.3 is 0 Å². The van der Waals surface area contributed by atoms with Crippen molar-refractivity contribution in [3.63, 3.8) is 0 Å². The number of hydrogen-bond acceptors (Lipinski definition) is 2. The number of para-hydroxylation sites is 1. The second kappa shape index (κ2) is 7.34. The summed E-state index contributed by atoms with van der Waals surface area (Å²) in [6.45, 7) is 13.4. The average Bonchev–Trinajstić information content (AvgIpc) is 2.39. The molecule has 0 saturated heterocycles. The van der Waals surface area contributed by atoms with Crippen LogP contribution in [-0.4, -0.2) is 18.2 Å². The summed E-state index contributed by atoms with van der Waals surface area (Å²) in [6.07, 6.45) is 4.01. The second-order valence-corrected chi connectivity index (χ2v) is 5.65. The highest BCUT2D eigenvalue weighted by molar-refractivity contribution is 5.34. The van der Waals surface area contributed by atoms with Crippen LogP contribution in [0.25, 0.3) is 0 Å². The third-order valence-corrected chi connectivity index (χ3v) is 3.42. The van der Waals surface area contributed by atoms with E-state index in [4.69, 9.17) is 4.74 Å². The van der Waals surface area contributed by atoms with Gasteiger partial charge in [0.2, 0.25) is 0 Å². The van der Waals surface area contributed by atoms with E-state index in [0.29, 0.717) is 0 Å². The molecule has 0 heterocycles. The van der Waals surface area contributed by atoms with Gasteiger partial charge in [0.25, 0.3) is 0 Å². The normalized spacial score (nSPS) is 13.1. The standard InChI is InChI=1S/C17H27NO/c1-6-10-15-11-8-9-12-16(15)19-14(3)13-18-17(4,5)7-2/h6,8-9,11-12,14,18H,1,7,10,13H2,2-5H3. The SMILES string of the molecule is C=CCc1ccccc1OC(C)CNC(C)(C)CC. The molecule has 0 amide bonds. The van der Waals surface area contributed by atoms with Gasteiger partial charge in [-0.25, -0.2) is 0 Å². The van der Waals surface area contributed by atoms with Crippen molar-refractivity contribution in [2.45, 2.75) is 52.2 Å². The van der Waals surface area contributed by atoms with E-state index >= 15 is 0 Å². The molecule has 0 aliphatic carbocycles. The summed E-state index contributed by atoms with van der Waals surface area (Å²) in [7, 11) is 0. The lowest BCUT2D eigenvalue weighted by Gasteiger charge is -2.27. The van der Waals surface area contributed by atoms with E-state index in [9.17, 15) is 0 Å². The summed E-state index contributed by atoms with van der Waals surface area (Å²) in [5, 5.41) is 3.53. The number of nitrogens with one attached hydrogen (secondary N) is 1. The molecule has 2 nitrogen and oxygen atoms in total. The van der Waals surface area contributed by atoms with Crippen molar-refractivity contribution in [3.8, 4) is 5.75 Å². The first-order valence-corrected chi connectivity index (χ1v) is 7.09. The minimum absolute atomic E-state index is 0.150. The molecule has 2 heteroatoms. The molecule has 0 spiro atoms. The second-order valence-electron chi connectivity index (χ2n) is 5.65. The van der Waals surface area contributed by atoms with Gasteiger partial charge in [0, 0.05) is 12.1 Å². The minimum Gasteiger partial charge on any atom is -0.489 e. The molecule has 0 saturated carbocycles. The van der Waals surface area contributed by atoms with Gasteiger partial charge in [-0.2, -0.15) is 0 Å². The first kappa shape index (κ1) is 15.8. The molecule has 106 valence electrons. The van der Waals surface area contributed by atoms with E-state index in [2.05, 4.69) is 45.7 Å². The zero-order chi connectivity index (χ0) is 14.3. The van der Waals surface area contributed by atoms with E-state index in [1.54, 1.807) is 0 Å². The van der Waals surface area contributed by atoms with Crippen LogP contribution in [0.5, 0.6) is 5.75 Å². The summed E-state index contributed by atoms with van der Waals surface area (Å²) in [5.41, 5.74) is 1.36. The lowest BCUT2D eigenvalue weighted by Crippen LogP contribution is -2.43. The summed E-state index contributed by atoms with van der Waals surface area (Å²) >= 11 is 0. The molecule has 1 aromatic carbocycles. The van der Waals surface area contributed by atoms with E-state index in [1.807, 2.05) is 24.3 Å². The molecule has 1 unspecified atom stereocenters. The number of hydrogen-bond donors (Lipinski definition) is 1. The van der Waals surface area contributed by atoms with Crippen LogP contribution in [0.4, 0.5) is 0 Å². The molecule has 0 aromatic heterocycles. The number of ether oxygens (including phenoxy) is 1. The molecule has 1 atom stereocenters. The highest BCUT2D eigenvalue weighted by atomic mass is 16.5. The van der Waals surface area contributed by atoms with Crippen molar-refractivity contribution in [1.29, 1.82) is 0 Å². The van der Waals surface area contributed by atoms with Crippen molar-refractivity contribution in [3.05, 3.63) is 42.5 Å². The molecular weight excluding hydrogens is 234 g/mol. The molecule has 0 aliphatic heterocycles. The van der Waals surface area contributed by atoms with Crippen LogP contribution in [0.15, 0.2) is 36.9 Å². The van der Waals surface area contributed by atoms with Crippen LogP contribution < -0.4 is 10.1 Å². The Balaban J connectivity index is 2.57. The number of rotatable bonds is 8. The third-order valence-electron chi connectivity index (χ3n) is 3.42. The fourth-order valence-electron chi connectivity index (χ4n) is 1.75. The van der Waals surface area contributed by atoms with Gasteiger partial charge in [0.05, 0.1) is 0 Å². The van der Waals surface area contributed by atoms with Gasteiger partial charge in [-0.1, -0.05) is 31.2 Å². The Bertz CT molecular complexity index is 398. The summed E-state index contributed by atoms with van der Waals surface area (Å²) in [4.78, 5) is 0. The van der Waals surface area contributed by atoms with Gasteiger partial charge in [0.1, 0.15) is 11.9 Å². The van der Waals surface area contributed by atoms with Gasteiger partial charge < -0.3 is 10.1 Å². The molecular formula is C17H27NO. The summed E-state index contributed by atoms with van der Waals surface area (Å²) < 4.78 is 6.03. The Kier molecular flexibility index (Phi) is 6.10. The Labute approximate surface area is 117 Å². The summed E-state index contributed by atoms with van der Waals surface area (Å²) in [5.74, 6) is 0.964. The van der Waals surface area contributed by atoms with Gasteiger partial charge in [-0.15, -0.1) is 6.58 Å². The lowest BCUT2D eigenvalue weighted by atomic mass is 10.0. The Hall–Kier alpha value is -1.28. The zero-order valence-electron chi connectivity index (χ0n) is 12.7. The fraction of sp³-hybridized carbons (Fsp3) is 0.529. The number of allylic oxidation sites excluding steroid dienone is 1. The Morgan fingerprint density at radius 3 is 2.68 bits per heavy atom. The van der Waals surface area contributed by atoms with Crippen LogP contribution >= 0.6 is 0 Å². The van der Waals surface area contributed by atoms with E-state index in [-0.39, 0.29) is 11.6 Å². The Morgan fingerprint density at radius 2 is 2.05 bits per heavy atom. The van der Waals surface area contributed by atoms with Crippen LogP contribution in [0, 0.1) is 0 Å².